The van der Waals surface area contributed by atoms with E-state index in [1.165, 1.54) is 21.5 Å². The molecule has 0 atom stereocenters. The molecule has 9 aromatic carbocycles. The largest absolute Gasteiger partial charge is 0.310 e. The molecule has 0 fully saturated rings. The molecule has 0 bridgehead atoms. The van der Waals surface area contributed by atoms with Gasteiger partial charge in [0.1, 0.15) is 0 Å². The van der Waals surface area contributed by atoms with Crippen LogP contribution in [0.4, 0.5) is 34.1 Å². The van der Waals surface area contributed by atoms with Crippen molar-refractivity contribution in [1.29, 1.82) is 0 Å². The van der Waals surface area contributed by atoms with Crippen LogP contribution in [0, 0.1) is 6.92 Å². The summed E-state index contributed by atoms with van der Waals surface area (Å²) in [7, 11) is 0. The maximum Gasteiger partial charge on any atom is 0.0973 e. The first-order valence-corrected chi connectivity index (χ1v) is 19.3. The fourth-order valence-corrected chi connectivity index (χ4v) is 7.92. The second-order valence-electron chi connectivity index (χ2n) is 14.3. The molecule has 0 aliphatic heterocycles. The summed E-state index contributed by atoms with van der Waals surface area (Å²) in [6.07, 6.45) is 0. The van der Waals surface area contributed by atoms with Gasteiger partial charge in [-0.05, 0) is 96.1 Å². The summed E-state index contributed by atoms with van der Waals surface area (Å²) in [6.45, 7) is 2.10. The summed E-state index contributed by atoms with van der Waals surface area (Å²) in [5, 5.41) is 4.80. The van der Waals surface area contributed by atoms with Gasteiger partial charge < -0.3 is 9.80 Å². The number of benzene rings is 9. The van der Waals surface area contributed by atoms with Crippen molar-refractivity contribution < 1.29 is 0 Å². The van der Waals surface area contributed by atoms with Gasteiger partial charge in [0, 0.05) is 44.6 Å². The van der Waals surface area contributed by atoms with Crippen LogP contribution in [0.5, 0.6) is 0 Å². The number of hydrogen-bond acceptors (Lipinski definition) is 4. The van der Waals surface area contributed by atoms with Crippen LogP contribution in [0.2, 0.25) is 0 Å². The number of aryl methyl sites for hydroxylation is 1. The molecule has 10 aromatic rings. The minimum absolute atomic E-state index is 0.844. The molecule has 4 nitrogen and oxygen atoms in total. The number of aromatic nitrogens is 2. The Morgan fingerprint density at radius 1 is 0.333 bits per heavy atom. The van der Waals surface area contributed by atoms with Crippen molar-refractivity contribution in [2.45, 2.75) is 6.92 Å². The zero-order chi connectivity index (χ0) is 38.1. The minimum atomic E-state index is 0.844. The van der Waals surface area contributed by atoms with Gasteiger partial charge in [-0.2, -0.15) is 0 Å². The third kappa shape index (κ3) is 6.43. The number of fused-ring (bicyclic) bond motifs is 3. The van der Waals surface area contributed by atoms with Gasteiger partial charge in [-0.15, -0.1) is 0 Å². The monoisotopic (exact) mass is 730 g/mol. The van der Waals surface area contributed by atoms with Gasteiger partial charge in [-0.3, -0.25) is 0 Å². The van der Waals surface area contributed by atoms with E-state index in [1.807, 2.05) is 0 Å². The Morgan fingerprint density at radius 3 is 1.23 bits per heavy atom. The van der Waals surface area contributed by atoms with Gasteiger partial charge in [0.25, 0.3) is 0 Å². The van der Waals surface area contributed by atoms with Crippen LogP contribution in [0.25, 0.3) is 55.1 Å². The topological polar surface area (TPSA) is 32.3 Å². The van der Waals surface area contributed by atoms with Crippen molar-refractivity contribution in [3.8, 4) is 22.5 Å². The van der Waals surface area contributed by atoms with Crippen LogP contribution >= 0.6 is 0 Å². The van der Waals surface area contributed by atoms with Gasteiger partial charge in [0.15, 0.2) is 0 Å². The van der Waals surface area contributed by atoms with Gasteiger partial charge >= 0.3 is 0 Å². The maximum absolute atomic E-state index is 5.31. The standard InChI is InChI=1S/C53H38N4/c1-37-26-35-48-49(36-37)55-53(41-29-33-45(34-30-41)57(43-20-6-3-7-21-43)51-25-13-17-39-15-9-11-23-47(39)51)52(54-48)40-27-31-44(32-28-40)56(42-18-4-2-5-19-42)50-24-12-16-38-14-8-10-22-46(38)50/h2-36H,1H3. The smallest absolute Gasteiger partial charge is 0.0973 e. The Morgan fingerprint density at radius 2 is 0.737 bits per heavy atom. The average Bonchev–Trinajstić information content (AvgIpc) is 3.27. The molecule has 10 rings (SSSR count). The Bertz CT molecular complexity index is 3000. The van der Waals surface area contributed by atoms with E-state index in [-0.39, 0.29) is 0 Å². The molecule has 1 aromatic heterocycles. The highest BCUT2D eigenvalue weighted by Crippen LogP contribution is 2.42. The van der Waals surface area contributed by atoms with Crippen LogP contribution in [-0.2, 0) is 0 Å². The summed E-state index contributed by atoms with van der Waals surface area (Å²) in [6, 6.07) is 75.0. The van der Waals surface area contributed by atoms with E-state index in [9.17, 15) is 0 Å². The lowest BCUT2D eigenvalue weighted by atomic mass is 10.0. The Balaban J connectivity index is 1.08. The molecule has 270 valence electrons. The Labute approximate surface area is 332 Å². The van der Waals surface area contributed by atoms with Gasteiger partial charge in [0.05, 0.1) is 33.8 Å². The Kier molecular flexibility index (Phi) is 8.69. The molecule has 0 saturated carbocycles. The molecule has 0 amide bonds. The van der Waals surface area contributed by atoms with Gasteiger partial charge in [-0.25, -0.2) is 9.97 Å². The molecule has 0 radical (unpaired) electrons. The molecule has 0 unspecified atom stereocenters. The fourth-order valence-electron chi connectivity index (χ4n) is 7.92. The highest BCUT2D eigenvalue weighted by atomic mass is 15.1. The van der Waals surface area contributed by atoms with Crippen LogP contribution < -0.4 is 9.80 Å². The molecule has 0 spiro atoms. The van der Waals surface area contributed by atoms with E-state index < -0.39 is 0 Å². The van der Waals surface area contributed by atoms with Crippen molar-refractivity contribution in [3.05, 3.63) is 218 Å². The van der Waals surface area contributed by atoms with E-state index >= 15 is 0 Å². The summed E-state index contributed by atoms with van der Waals surface area (Å²) < 4.78 is 0. The van der Waals surface area contributed by atoms with Crippen molar-refractivity contribution in [2.75, 3.05) is 9.80 Å². The van der Waals surface area contributed by atoms with E-state index in [2.05, 4.69) is 229 Å². The van der Waals surface area contributed by atoms with Gasteiger partial charge in [0.2, 0.25) is 0 Å². The summed E-state index contributed by atoms with van der Waals surface area (Å²) >= 11 is 0. The average molecular weight is 731 g/mol. The van der Waals surface area contributed by atoms with Crippen LogP contribution in [-0.4, -0.2) is 9.97 Å². The predicted molar refractivity (Wildman–Crippen MR) is 240 cm³/mol. The predicted octanol–water partition coefficient (Wildman–Crippen LogP) is 14.5. The number of rotatable bonds is 8. The number of nitrogens with zero attached hydrogens (tertiary/aromatic N) is 4. The van der Waals surface area contributed by atoms with E-state index in [0.717, 1.165) is 73.2 Å². The third-order valence-electron chi connectivity index (χ3n) is 10.7. The normalized spacial score (nSPS) is 11.2. The third-order valence-corrected chi connectivity index (χ3v) is 10.7. The minimum Gasteiger partial charge on any atom is -0.310 e. The SMILES string of the molecule is Cc1ccc2nc(-c3ccc(N(c4ccccc4)c4cccc5ccccc45)cc3)c(-c3ccc(N(c4ccccc4)c4cccc5ccccc45)cc3)nc2c1. The second-order valence-corrected chi connectivity index (χ2v) is 14.3. The van der Waals surface area contributed by atoms with Crippen molar-refractivity contribution in [2.24, 2.45) is 0 Å². The second kappa shape index (κ2) is 14.6. The van der Waals surface area contributed by atoms with Crippen molar-refractivity contribution in [3.63, 3.8) is 0 Å². The molecule has 57 heavy (non-hydrogen) atoms. The van der Waals surface area contributed by atoms with Crippen LogP contribution in [0.1, 0.15) is 5.56 Å². The highest BCUT2D eigenvalue weighted by Gasteiger charge is 2.19. The van der Waals surface area contributed by atoms with Crippen molar-refractivity contribution >= 4 is 66.7 Å². The summed E-state index contributed by atoms with van der Waals surface area (Å²) in [4.78, 5) is 15.3. The molecular formula is C53H38N4. The summed E-state index contributed by atoms with van der Waals surface area (Å²) in [5.74, 6) is 0. The molecular weight excluding hydrogens is 693 g/mol. The first-order chi connectivity index (χ1) is 28.2. The molecule has 0 aliphatic rings. The van der Waals surface area contributed by atoms with E-state index in [0.29, 0.717) is 0 Å². The zero-order valence-corrected chi connectivity index (χ0v) is 31.5. The molecule has 0 aliphatic carbocycles. The van der Waals surface area contributed by atoms with Crippen molar-refractivity contribution in [1.82, 2.24) is 9.97 Å². The molecule has 4 heteroatoms. The lowest BCUT2D eigenvalue weighted by molar-refractivity contribution is 1.27. The number of para-hydroxylation sites is 2. The lowest BCUT2D eigenvalue weighted by Crippen LogP contribution is -2.10. The van der Waals surface area contributed by atoms with Crippen LogP contribution in [0.15, 0.2) is 212 Å². The fraction of sp³-hybridized carbons (Fsp3) is 0.0189. The summed E-state index contributed by atoms with van der Waals surface area (Å²) in [5.41, 5.74) is 13.2. The lowest BCUT2D eigenvalue weighted by Gasteiger charge is -2.27. The quantitative estimate of drug-likeness (QED) is 0.156. The number of hydrogen-bond donors (Lipinski definition) is 0. The number of anilines is 6. The van der Waals surface area contributed by atoms with E-state index in [1.54, 1.807) is 0 Å². The molecule has 1 heterocycles. The molecule has 0 saturated heterocycles. The van der Waals surface area contributed by atoms with E-state index in [4.69, 9.17) is 9.97 Å². The zero-order valence-electron chi connectivity index (χ0n) is 31.5. The highest BCUT2D eigenvalue weighted by molar-refractivity contribution is 6.00. The first-order valence-electron chi connectivity index (χ1n) is 19.3. The van der Waals surface area contributed by atoms with Gasteiger partial charge in [-0.1, -0.05) is 140 Å². The molecule has 0 N–H and O–H groups in total. The maximum atomic E-state index is 5.31. The Hall–Kier alpha value is -7.56. The first kappa shape index (κ1) is 34.0. The van der Waals surface area contributed by atoms with Crippen LogP contribution in [0.3, 0.4) is 0 Å².